The van der Waals surface area contributed by atoms with E-state index >= 15 is 0 Å². The number of hydrogen-bond acceptors (Lipinski definition) is 4. The highest BCUT2D eigenvalue weighted by atomic mass is 16.6. The van der Waals surface area contributed by atoms with Crippen LogP contribution in [-0.4, -0.2) is 54.8 Å². The summed E-state index contributed by atoms with van der Waals surface area (Å²) in [4.78, 5) is 25.9. The third kappa shape index (κ3) is 4.01. The summed E-state index contributed by atoms with van der Waals surface area (Å²) in [6, 6.07) is 0.00889. The summed E-state index contributed by atoms with van der Waals surface area (Å²) in [7, 11) is 0. The van der Waals surface area contributed by atoms with E-state index < -0.39 is 11.7 Å². The largest absolute Gasteiger partial charge is 0.444 e. The molecule has 2 amide bonds. The molecule has 1 fully saturated rings. The summed E-state index contributed by atoms with van der Waals surface area (Å²) in [5, 5.41) is 2.90. The first-order valence-corrected chi connectivity index (χ1v) is 7.35. The predicted octanol–water partition coefficient (Wildman–Crippen LogP) is 1.07. The minimum absolute atomic E-state index is 0.00889. The van der Waals surface area contributed by atoms with Crippen LogP contribution in [-0.2, 0) is 14.3 Å². The summed E-state index contributed by atoms with van der Waals surface area (Å²) >= 11 is 0. The molecule has 1 saturated heterocycles. The van der Waals surface area contributed by atoms with Crippen molar-refractivity contribution in [3.05, 3.63) is 11.1 Å². The van der Waals surface area contributed by atoms with Crippen LogP contribution in [0.1, 0.15) is 27.2 Å². The standard InChI is InChI=1S/C16H22N2O4/c1-5-11-8-18(15(20)22-16(2,3)4)9-13(11)14(19)17-12-6-7-21-10-12/h1,12H,6-10H2,2-4H3,(H,17,19)/t12-/m0/s1. The van der Waals surface area contributed by atoms with Crippen molar-refractivity contribution in [3.8, 4) is 12.3 Å². The molecule has 1 N–H and O–H groups in total. The molecular weight excluding hydrogens is 284 g/mol. The summed E-state index contributed by atoms with van der Waals surface area (Å²) in [6.07, 6.45) is 5.79. The first-order chi connectivity index (χ1) is 10.3. The summed E-state index contributed by atoms with van der Waals surface area (Å²) < 4.78 is 10.5. The molecule has 2 aliphatic rings. The van der Waals surface area contributed by atoms with Gasteiger partial charge in [0, 0.05) is 17.8 Å². The zero-order chi connectivity index (χ0) is 16.3. The molecule has 2 rings (SSSR count). The summed E-state index contributed by atoms with van der Waals surface area (Å²) in [5.41, 5.74) is 0.405. The fraction of sp³-hybridized carbons (Fsp3) is 0.625. The van der Waals surface area contributed by atoms with Gasteiger partial charge in [-0.25, -0.2) is 4.79 Å². The van der Waals surface area contributed by atoms with Crippen LogP contribution in [0, 0.1) is 12.3 Å². The van der Waals surface area contributed by atoms with E-state index in [9.17, 15) is 9.59 Å². The van der Waals surface area contributed by atoms with E-state index in [1.165, 1.54) is 4.90 Å². The number of amides is 2. The zero-order valence-corrected chi connectivity index (χ0v) is 13.3. The van der Waals surface area contributed by atoms with Crippen molar-refractivity contribution in [2.24, 2.45) is 0 Å². The van der Waals surface area contributed by atoms with Crippen LogP contribution in [0.5, 0.6) is 0 Å². The third-order valence-corrected chi connectivity index (χ3v) is 3.43. The molecular formula is C16H22N2O4. The Hall–Kier alpha value is -2.00. The number of rotatable bonds is 2. The van der Waals surface area contributed by atoms with E-state index in [0.717, 1.165) is 6.42 Å². The van der Waals surface area contributed by atoms with Gasteiger partial charge >= 0.3 is 6.09 Å². The van der Waals surface area contributed by atoms with Crippen molar-refractivity contribution < 1.29 is 19.1 Å². The molecule has 0 bridgehead atoms. The van der Waals surface area contributed by atoms with Gasteiger partial charge < -0.3 is 14.8 Å². The van der Waals surface area contributed by atoms with Crippen molar-refractivity contribution in [1.29, 1.82) is 0 Å². The number of ether oxygens (including phenoxy) is 2. The Morgan fingerprint density at radius 1 is 1.41 bits per heavy atom. The molecule has 0 aromatic carbocycles. The first kappa shape index (κ1) is 16.4. The Morgan fingerprint density at radius 2 is 2.14 bits per heavy atom. The Bertz CT molecular complexity index is 533. The predicted molar refractivity (Wildman–Crippen MR) is 81.0 cm³/mol. The smallest absolute Gasteiger partial charge is 0.410 e. The maximum Gasteiger partial charge on any atom is 0.410 e. The van der Waals surface area contributed by atoms with Crippen molar-refractivity contribution in [2.75, 3.05) is 26.3 Å². The lowest BCUT2D eigenvalue weighted by molar-refractivity contribution is -0.118. The van der Waals surface area contributed by atoms with Crippen LogP contribution in [0.25, 0.3) is 0 Å². The molecule has 120 valence electrons. The molecule has 0 radical (unpaired) electrons. The van der Waals surface area contributed by atoms with Crippen molar-refractivity contribution >= 4 is 12.0 Å². The van der Waals surface area contributed by atoms with Gasteiger partial charge in [0.2, 0.25) is 5.91 Å². The summed E-state index contributed by atoms with van der Waals surface area (Å²) in [6.45, 7) is 6.96. The Balaban J connectivity index is 2.00. The average Bonchev–Trinajstić information content (AvgIpc) is 3.04. The Morgan fingerprint density at radius 3 is 2.68 bits per heavy atom. The maximum atomic E-state index is 12.3. The molecule has 6 heteroatoms. The monoisotopic (exact) mass is 306 g/mol. The number of nitrogens with one attached hydrogen (secondary N) is 1. The molecule has 0 aromatic rings. The van der Waals surface area contributed by atoms with Gasteiger partial charge in [0.15, 0.2) is 0 Å². The molecule has 0 aromatic heterocycles. The minimum atomic E-state index is -0.584. The van der Waals surface area contributed by atoms with Crippen LogP contribution in [0.2, 0.25) is 0 Å². The topological polar surface area (TPSA) is 67.9 Å². The highest BCUT2D eigenvalue weighted by Gasteiger charge is 2.32. The van der Waals surface area contributed by atoms with Gasteiger partial charge in [-0.3, -0.25) is 9.69 Å². The van der Waals surface area contributed by atoms with Crippen molar-refractivity contribution in [2.45, 2.75) is 38.8 Å². The van der Waals surface area contributed by atoms with Crippen molar-refractivity contribution in [3.63, 3.8) is 0 Å². The Labute approximate surface area is 130 Å². The van der Waals surface area contributed by atoms with Crippen LogP contribution in [0.3, 0.4) is 0 Å². The second-order valence-electron chi connectivity index (χ2n) is 6.47. The van der Waals surface area contributed by atoms with Gasteiger partial charge in [-0.1, -0.05) is 5.92 Å². The molecule has 2 aliphatic heterocycles. The van der Waals surface area contributed by atoms with E-state index in [1.807, 2.05) is 0 Å². The van der Waals surface area contributed by atoms with Gasteiger partial charge in [-0.2, -0.15) is 0 Å². The number of hydrogen-bond donors (Lipinski definition) is 1. The quantitative estimate of drug-likeness (QED) is 0.775. The first-order valence-electron chi connectivity index (χ1n) is 7.35. The highest BCUT2D eigenvalue weighted by molar-refractivity contribution is 5.97. The lowest BCUT2D eigenvalue weighted by atomic mass is 10.1. The molecule has 22 heavy (non-hydrogen) atoms. The second kappa shape index (κ2) is 6.41. The Kier molecular flexibility index (Phi) is 4.77. The van der Waals surface area contributed by atoms with Gasteiger partial charge in [0.1, 0.15) is 5.60 Å². The SMILES string of the molecule is C#CC1=C(C(=O)N[C@H]2CCOC2)CN(C(=O)OC(C)(C)C)C1. The fourth-order valence-electron chi connectivity index (χ4n) is 2.35. The van der Waals surface area contributed by atoms with Crippen molar-refractivity contribution in [1.82, 2.24) is 10.2 Å². The minimum Gasteiger partial charge on any atom is -0.444 e. The molecule has 1 atom stereocenters. The normalized spacial score (nSPS) is 21.7. The molecule has 0 aliphatic carbocycles. The average molecular weight is 306 g/mol. The second-order valence-corrected chi connectivity index (χ2v) is 6.47. The molecule has 0 unspecified atom stereocenters. The summed E-state index contributed by atoms with van der Waals surface area (Å²) in [5.74, 6) is 2.28. The maximum absolute atomic E-state index is 12.3. The van der Waals surface area contributed by atoms with E-state index in [0.29, 0.717) is 24.4 Å². The molecule has 0 saturated carbocycles. The van der Waals surface area contributed by atoms with E-state index in [4.69, 9.17) is 15.9 Å². The van der Waals surface area contributed by atoms with Gasteiger partial charge in [-0.05, 0) is 27.2 Å². The van der Waals surface area contributed by atoms with E-state index in [-0.39, 0.29) is 25.0 Å². The number of carbonyl (C=O) groups excluding carboxylic acids is 2. The highest BCUT2D eigenvalue weighted by Crippen LogP contribution is 2.20. The van der Waals surface area contributed by atoms with Gasteiger partial charge in [-0.15, -0.1) is 6.42 Å². The van der Waals surface area contributed by atoms with E-state index in [1.54, 1.807) is 20.8 Å². The van der Waals surface area contributed by atoms with Gasteiger partial charge in [0.25, 0.3) is 0 Å². The van der Waals surface area contributed by atoms with Gasteiger partial charge in [0.05, 0.1) is 25.7 Å². The van der Waals surface area contributed by atoms with Crippen LogP contribution >= 0.6 is 0 Å². The van der Waals surface area contributed by atoms with Crippen LogP contribution in [0.15, 0.2) is 11.1 Å². The molecule has 0 spiro atoms. The lowest BCUT2D eigenvalue weighted by Crippen LogP contribution is -2.39. The third-order valence-electron chi connectivity index (χ3n) is 3.43. The fourth-order valence-corrected chi connectivity index (χ4v) is 2.35. The number of nitrogens with zero attached hydrogens (tertiary/aromatic N) is 1. The van der Waals surface area contributed by atoms with E-state index in [2.05, 4.69) is 11.2 Å². The number of carbonyl (C=O) groups is 2. The molecule has 6 nitrogen and oxygen atoms in total. The lowest BCUT2D eigenvalue weighted by Gasteiger charge is -2.24. The van der Waals surface area contributed by atoms with Crippen LogP contribution in [0.4, 0.5) is 4.79 Å². The molecule has 2 heterocycles. The zero-order valence-electron chi connectivity index (χ0n) is 13.3. The van der Waals surface area contributed by atoms with Crippen LogP contribution < -0.4 is 5.32 Å². The number of terminal acetylenes is 1.